The number of hydrogen-bond donors (Lipinski definition) is 2. The Kier molecular flexibility index (Phi) is 11.5. The van der Waals surface area contributed by atoms with Crippen LogP contribution in [0.4, 0.5) is 17.1 Å². The largest absolute Gasteiger partial charge is 0.387 e. The summed E-state index contributed by atoms with van der Waals surface area (Å²) in [5.41, 5.74) is 14.5. The first-order valence-corrected chi connectivity index (χ1v) is 16.2. The van der Waals surface area contributed by atoms with E-state index < -0.39 is 0 Å². The predicted molar refractivity (Wildman–Crippen MR) is 189 cm³/mol. The molecular weight excluding hydrogens is 538 g/mol. The highest BCUT2D eigenvalue weighted by molar-refractivity contribution is 6.05. The van der Waals surface area contributed by atoms with Crippen molar-refractivity contribution < 1.29 is 0 Å². The highest BCUT2D eigenvalue weighted by Crippen LogP contribution is 2.36. The van der Waals surface area contributed by atoms with E-state index in [1.54, 1.807) is 6.20 Å². The zero-order valence-corrected chi connectivity index (χ0v) is 27.2. The van der Waals surface area contributed by atoms with Crippen molar-refractivity contribution in [2.75, 3.05) is 4.90 Å². The van der Waals surface area contributed by atoms with Crippen LogP contribution in [0.25, 0.3) is 11.1 Å². The zero-order chi connectivity index (χ0) is 31.5. The number of nitrogens with one attached hydrogen (secondary N) is 1. The van der Waals surface area contributed by atoms with E-state index in [-0.39, 0.29) is 11.3 Å². The summed E-state index contributed by atoms with van der Waals surface area (Å²) in [6.45, 7) is 10.4. The fraction of sp³-hybridized carbons (Fsp3) is 0.359. The molecule has 0 aliphatic heterocycles. The van der Waals surface area contributed by atoms with E-state index in [2.05, 4.69) is 102 Å². The lowest BCUT2D eigenvalue weighted by atomic mass is 9.95. The first-order chi connectivity index (χ1) is 21.2. The van der Waals surface area contributed by atoms with Gasteiger partial charge in [0.25, 0.3) is 0 Å². The first-order valence-electron chi connectivity index (χ1n) is 16.2. The second kappa shape index (κ2) is 15.5. The molecule has 1 aromatic heterocycles. The zero-order valence-electron chi connectivity index (χ0n) is 27.2. The molecule has 3 N–H and O–H groups in total. The molecule has 0 radical (unpaired) electrons. The highest BCUT2D eigenvalue weighted by atomic mass is 15.1. The van der Waals surface area contributed by atoms with Crippen LogP contribution in [0.3, 0.4) is 0 Å². The summed E-state index contributed by atoms with van der Waals surface area (Å²) in [4.78, 5) is 11.0. The van der Waals surface area contributed by atoms with Crippen molar-refractivity contribution in [1.82, 2.24) is 4.98 Å². The van der Waals surface area contributed by atoms with E-state index in [1.807, 2.05) is 32.9 Å². The lowest BCUT2D eigenvalue weighted by Crippen LogP contribution is -2.30. The number of rotatable bonds is 13. The Balaban J connectivity index is 1.62. The van der Waals surface area contributed by atoms with Gasteiger partial charge in [0.2, 0.25) is 0 Å². The van der Waals surface area contributed by atoms with Gasteiger partial charge in [0, 0.05) is 28.7 Å². The van der Waals surface area contributed by atoms with Gasteiger partial charge in [0.15, 0.2) is 5.84 Å². The average molecular weight is 588 g/mol. The number of amidine groups is 2. The molecule has 0 spiro atoms. The fourth-order valence-electron chi connectivity index (χ4n) is 5.12. The van der Waals surface area contributed by atoms with Gasteiger partial charge in [0.1, 0.15) is 11.5 Å². The predicted octanol–water partition coefficient (Wildman–Crippen LogP) is 10.4. The van der Waals surface area contributed by atoms with Crippen LogP contribution in [-0.4, -0.2) is 16.7 Å². The number of aryl methyl sites for hydroxylation is 2. The minimum absolute atomic E-state index is 0.0679. The molecule has 0 saturated carbocycles. The normalized spacial score (nSPS) is 11.9. The van der Waals surface area contributed by atoms with Crippen LogP contribution in [0.1, 0.15) is 90.0 Å². The molecule has 0 amide bonds. The van der Waals surface area contributed by atoms with E-state index in [9.17, 15) is 0 Å². The van der Waals surface area contributed by atoms with Crippen molar-refractivity contribution in [2.24, 2.45) is 16.1 Å². The van der Waals surface area contributed by atoms with Crippen LogP contribution >= 0.6 is 0 Å². The second-order valence-electron chi connectivity index (χ2n) is 12.7. The van der Waals surface area contributed by atoms with E-state index in [1.165, 1.54) is 49.7 Å². The van der Waals surface area contributed by atoms with Gasteiger partial charge in [-0.1, -0.05) is 96.7 Å². The smallest absolute Gasteiger partial charge is 0.172 e. The Morgan fingerprint density at radius 2 is 1.18 bits per heavy atom. The van der Waals surface area contributed by atoms with Crippen LogP contribution in [0.2, 0.25) is 0 Å². The van der Waals surface area contributed by atoms with E-state index >= 15 is 0 Å². The summed E-state index contributed by atoms with van der Waals surface area (Å²) >= 11 is 0. The molecule has 0 fully saturated rings. The standard InChI is InChI=1S/C39H49N5/c1-6-8-10-12-29-14-20-33(21-15-29)44(34-22-16-30(17-23-34)13-11-9-7-2)35-24-18-31(19-25-35)32-26-27-42-36(28-32)37(40)43-38(41)39(3,4)5/h14-28H,6-13H2,1-5H3,(H3,40,41,43). The number of nitrogens with zero attached hydrogens (tertiary/aromatic N) is 3. The lowest BCUT2D eigenvalue weighted by Gasteiger charge is -2.26. The Morgan fingerprint density at radius 1 is 0.705 bits per heavy atom. The van der Waals surface area contributed by atoms with Gasteiger partial charge in [0.05, 0.1) is 0 Å². The molecule has 0 aliphatic rings. The molecular formula is C39H49N5. The maximum Gasteiger partial charge on any atom is 0.172 e. The van der Waals surface area contributed by atoms with Crippen molar-refractivity contribution in [3.05, 3.63) is 108 Å². The molecule has 3 aromatic carbocycles. The molecule has 4 rings (SSSR count). The number of aromatic nitrogens is 1. The van der Waals surface area contributed by atoms with Crippen molar-refractivity contribution in [3.8, 4) is 11.1 Å². The summed E-state index contributed by atoms with van der Waals surface area (Å²) < 4.78 is 0. The average Bonchev–Trinajstić information content (AvgIpc) is 3.03. The summed E-state index contributed by atoms with van der Waals surface area (Å²) in [6.07, 6.45) is 11.4. The molecule has 0 aliphatic carbocycles. The van der Waals surface area contributed by atoms with Crippen molar-refractivity contribution in [2.45, 2.75) is 86.0 Å². The monoisotopic (exact) mass is 587 g/mol. The minimum atomic E-state index is -0.309. The molecule has 1 heterocycles. The second-order valence-corrected chi connectivity index (χ2v) is 12.7. The summed E-state index contributed by atoms with van der Waals surface area (Å²) in [5.74, 6) is 0.487. The summed E-state index contributed by atoms with van der Waals surface area (Å²) in [6, 6.07) is 30.5. The molecule has 5 heteroatoms. The molecule has 0 atom stereocenters. The van der Waals surface area contributed by atoms with Crippen molar-refractivity contribution in [3.63, 3.8) is 0 Å². The SMILES string of the molecule is CCCCCc1ccc(N(c2ccc(CCCCC)cc2)c2ccc(-c3ccnc(C(=N)N=C(N)C(C)(C)C)c3)cc2)cc1. The third-order valence-electron chi connectivity index (χ3n) is 7.99. The number of pyridine rings is 1. The molecule has 0 unspecified atom stereocenters. The molecule has 0 bridgehead atoms. The number of hydrogen-bond acceptors (Lipinski definition) is 3. The number of benzene rings is 3. The van der Waals surface area contributed by atoms with Crippen molar-refractivity contribution >= 4 is 28.7 Å². The maximum atomic E-state index is 8.47. The number of aliphatic imine (C=N–C) groups is 1. The molecule has 44 heavy (non-hydrogen) atoms. The van der Waals surface area contributed by atoms with E-state index in [0.29, 0.717) is 11.5 Å². The van der Waals surface area contributed by atoms with Crippen LogP contribution in [0.15, 0.2) is 96.1 Å². The topological polar surface area (TPSA) is 78.4 Å². The third-order valence-corrected chi connectivity index (χ3v) is 7.99. The molecule has 0 saturated heterocycles. The summed E-state index contributed by atoms with van der Waals surface area (Å²) in [7, 11) is 0. The highest BCUT2D eigenvalue weighted by Gasteiger charge is 2.17. The lowest BCUT2D eigenvalue weighted by molar-refractivity contribution is 0.585. The third kappa shape index (κ3) is 8.89. The molecule has 4 aromatic rings. The Hall–Kier alpha value is -4.25. The van der Waals surface area contributed by atoms with Gasteiger partial charge < -0.3 is 10.6 Å². The van der Waals surface area contributed by atoms with Crippen LogP contribution in [0, 0.1) is 10.8 Å². The van der Waals surface area contributed by atoms with Gasteiger partial charge >= 0.3 is 0 Å². The maximum absolute atomic E-state index is 8.47. The van der Waals surface area contributed by atoms with Gasteiger partial charge in [-0.2, -0.15) is 0 Å². The number of anilines is 3. The van der Waals surface area contributed by atoms with Gasteiger partial charge in [-0.15, -0.1) is 0 Å². The quantitative estimate of drug-likeness (QED) is 0.0928. The molecule has 230 valence electrons. The van der Waals surface area contributed by atoms with Gasteiger partial charge in [-0.3, -0.25) is 10.4 Å². The van der Waals surface area contributed by atoms with Gasteiger partial charge in [-0.05, 0) is 96.5 Å². The number of nitrogens with two attached hydrogens (primary N) is 1. The Morgan fingerprint density at radius 3 is 1.64 bits per heavy atom. The Bertz CT molecular complexity index is 1460. The minimum Gasteiger partial charge on any atom is -0.387 e. The number of unbranched alkanes of at least 4 members (excludes halogenated alkanes) is 4. The van der Waals surface area contributed by atoms with Gasteiger partial charge in [-0.25, -0.2) is 4.99 Å². The van der Waals surface area contributed by atoms with Crippen molar-refractivity contribution in [1.29, 1.82) is 5.41 Å². The first kappa shape index (κ1) is 32.7. The van der Waals surface area contributed by atoms with E-state index in [4.69, 9.17) is 11.1 Å². The fourth-order valence-corrected chi connectivity index (χ4v) is 5.12. The van der Waals surface area contributed by atoms with Crippen LogP contribution in [-0.2, 0) is 12.8 Å². The molecule has 5 nitrogen and oxygen atoms in total. The van der Waals surface area contributed by atoms with Crippen LogP contribution < -0.4 is 10.6 Å². The van der Waals surface area contributed by atoms with E-state index in [0.717, 1.165) is 41.0 Å². The van der Waals surface area contributed by atoms with Crippen LogP contribution in [0.5, 0.6) is 0 Å². The Labute approximate surface area is 264 Å². The summed E-state index contributed by atoms with van der Waals surface area (Å²) in [5, 5.41) is 8.47.